The minimum absolute atomic E-state index is 0.206. The Labute approximate surface area is 121 Å². The average Bonchev–Trinajstić information content (AvgIpc) is 2.39. The fourth-order valence-corrected chi connectivity index (χ4v) is 3.73. The van der Waals surface area contributed by atoms with E-state index in [-0.39, 0.29) is 11.0 Å². The Morgan fingerprint density at radius 3 is 2.40 bits per heavy atom. The molecule has 1 aliphatic carbocycles. The van der Waals surface area contributed by atoms with Crippen LogP contribution in [0.1, 0.15) is 31.2 Å². The molecule has 0 saturated heterocycles. The van der Waals surface area contributed by atoms with Gasteiger partial charge in [-0.05, 0) is 58.8 Å². The van der Waals surface area contributed by atoms with Crippen LogP contribution in [0.4, 0.5) is 0 Å². The number of hydrogen-bond donors (Lipinski definition) is 0. The lowest BCUT2D eigenvalue weighted by atomic mass is 9.92. The SMILES string of the molecule is Cc1ccc(S(=O)(=O)O[C@@H]2CCC[C@H](N(C)C)C2)cc1. The molecule has 0 bridgehead atoms. The van der Waals surface area contributed by atoms with E-state index in [1.54, 1.807) is 24.3 Å². The third-order valence-electron chi connectivity index (χ3n) is 3.90. The van der Waals surface area contributed by atoms with E-state index in [9.17, 15) is 8.42 Å². The van der Waals surface area contributed by atoms with Crippen LogP contribution in [0.15, 0.2) is 29.2 Å². The van der Waals surface area contributed by atoms with Crippen LogP contribution in [0.5, 0.6) is 0 Å². The van der Waals surface area contributed by atoms with Gasteiger partial charge in [0, 0.05) is 6.04 Å². The van der Waals surface area contributed by atoms with Crippen LogP contribution < -0.4 is 0 Å². The van der Waals surface area contributed by atoms with E-state index in [0.29, 0.717) is 6.04 Å². The molecular formula is C15H23NO3S. The highest BCUT2D eigenvalue weighted by atomic mass is 32.2. The number of nitrogens with zero attached hydrogens (tertiary/aromatic N) is 1. The van der Waals surface area contributed by atoms with Gasteiger partial charge in [0.15, 0.2) is 0 Å². The maximum Gasteiger partial charge on any atom is 0.297 e. The first-order chi connectivity index (χ1) is 9.38. The molecule has 0 heterocycles. The fourth-order valence-electron chi connectivity index (χ4n) is 2.62. The molecule has 20 heavy (non-hydrogen) atoms. The molecule has 0 unspecified atom stereocenters. The van der Waals surface area contributed by atoms with Gasteiger partial charge in [0.1, 0.15) is 0 Å². The highest BCUT2D eigenvalue weighted by Crippen LogP contribution is 2.27. The Hall–Kier alpha value is -0.910. The molecule has 1 saturated carbocycles. The van der Waals surface area contributed by atoms with Crippen LogP contribution in [-0.4, -0.2) is 39.6 Å². The van der Waals surface area contributed by atoms with Gasteiger partial charge in [-0.1, -0.05) is 17.7 Å². The van der Waals surface area contributed by atoms with E-state index >= 15 is 0 Å². The van der Waals surface area contributed by atoms with E-state index in [0.717, 1.165) is 31.2 Å². The monoisotopic (exact) mass is 297 g/mol. The zero-order chi connectivity index (χ0) is 14.8. The lowest BCUT2D eigenvalue weighted by molar-refractivity contribution is 0.105. The van der Waals surface area contributed by atoms with Crippen LogP contribution in [0, 0.1) is 6.92 Å². The summed E-state index contributed by atoms with van der Waals surface area (Å²) in [6.07, 6.45) is 3.50. The molecule has 112 valence electrons. The number of aryl methyl sites for hydroxylation is 1. The molecule has 0 amide bonds. The molecular weight excluding hydrogens is 274 g/mol. The Morgan fingerprint density at radius 1 is 1.15 bits per heavy atom. The van der Waals surface area contributed by atoms with Crippen molar-refractivity contribution >= 4 is 10.1 Å². The smallest absolute Gasteiger partial charge is 0.297 e. The Kier molecular flexibility index (Phi) is 4.83. The van der Waals surface area contributed by atoms with Crippen LogP contribution >= 0.6 is 0 Å². The molecule has 5 heteroatoms. The average molecular weight is 297 g/mol. The van der Waals surface area contributed by atoms with Gasteiger partial charge in [-0.15, -0.1) is 0 Å². The standard InChI is InChI=1S/C15H23NO3S/c1-12-7-9-15(10-8-12)20(17,18)19-14-6-4-5-13(11-14)16(2)3/h7-10,13-14H,4-6,11H2,1-3H3/t13-,14+/m0/s1. The molecule has 1 fully saturated rings. The fraction of sp³-hybridized carbons (Fsp3) is 0.600. The van der Waals surface area contributed by atoms with Crippen molar-refractivity contribution in [2.75, 3.05) is 14.1 Å². The van der Waals surface area contributed by atoms with E-state index in [1.807, 2.05) is 21.0 Å². The lowest BCUT2D eigenvalue weighted by Crippen LogP contribution is -2.37. The summed E-state index contributed by atoms with van der Waals surface area (Å²) in [5.41, 5.74) is 1.04. The van der Waals surface area contributed by atoms with Crippen molar-refractivity contribution in [3.8, 4) is 0 Å². The molecule has 0 aliphatic heterocycles. The predicted octanol–water partition coefficient (Wildman–Crippen LogP) is 2.57. The van der Waals surface area contributed by atoms with Crippen LogP contribution in [0.3, 0.4) is 0 Å². The summed E-state index contributed by atoms with van der Waals surface area (Å²) in [6, 6.07) is 7.20. The summed E-state index contributed by atoms with van der Waals surface area (Å²) in [4.78, 5) is 2.39. The summed E-state index contributed by atoms with van der Waals surface area (Å²) < 4.78 is 29.9. The van der Waals surface area contributed by atoms with E-state index in [1.165, 1.54) is 0 Å². The predicted molar refractivity (Wildman–Crippen MR) is 79.2 cm³/mol. The van der Waals surface area contributed by atoms with Gasteiger partial charge < -0.3 is 4.90 Å². The minimum atomic E-state index is -3.64. The summed E-state index contributed by atoms with van der Waals surface area (Å²) in [5, 5.41) is 0. The second-order valence-electron chi connectivity index (χ2n) is 5.77. The van der Waals surface area contributed by atoms with Crippen molar-refractivity contribution in [1.29, 1.82) is 0 Å². The third kappa shape index (κ3) is 3.81. The van der Waals surface area contributed by atoms with Gasteiger partial charge in [0.25, 0.3) is 10.1 Å². The summed E-state index contributed by atoms with van der Waals surface area (Å²) in [6.45, 7) is 1.93. The van der Waals surface area contributed by atoms with Gasteiger partial charge in [0.05, 0.1) is 11.0 Å². The van der Waals surface area contributed by atoms with Crippen LogP contribution in [-0.2, 0) is 14.3 Å². The van der Waals surface area contributed by atoms with Gasteiger partial charge >= 0.3 is 0 Å². The van der Waals surface area contributed by atoms with Crippen molar-refractivity contribution in [1.82, 2.24) is 4.90 Å². The number of hydrogen-bond acceptors (Lipinski definition) is 4. The summed E-state index contributed by atoms with van der Waals surface area (Å²) in [5.74, 6) is 0. The molecule has 4 nitrogen and oxygen atoms in total. The highest BCUT2D eigenvalue weighted by Gasteiger charge is 2.28. The van der Waals surface area contributed by atoms with Crippen LogP contribution in [0.25, 0.3) is 0 Å². The molecule has 0 aromatic heterocycles. The first-order valence-corrected chi connectivity index (χ1v) is 8.46. The normalized spacial score (nSPS) is 24.0. The van der Waals surface area contributed by atoms with Crippen molar-refractivity contribution < 1.29 is 12.6 Å². The third-order valence-corrected chi connectivity index (χ3v) is 5.28. The lowest BCUT2D eigenvalue weighted by Gasteiger charge is -2.32. The zero-order valence-electron chi connectivity index (χ0n) is 12.4. The Balaban J connectivity index is 2.06. The minimum Gasteiger partial charge on any atom is -0.306 e. The molecule has 1 aromatic rings. The molecule has 1 aliphatic rings. The van der Waals surface area contributed by atoms with Crippen molar-refractivity contribution in [3.05, 3.63) is 29.8 Å². The van der Waals surface area contributed by atoms with E-state index < -0.39 is 10.1 Å². The van der Waals surface area contributed by atoms with Gasteiger partial charge in [0.2, 0.25) is 0 Å². The molecule has 2 atom stereocenters. The van der Waals surface area contributed by atoms with Crippen LogP contribution in [0.2, 0.25) is 0 Å². The molecule has 0 radical (unpaired) electrons. The van der Waals surface area contributed by atoms with E-state index in [4.69, 9.17) is 4.18 Å². The van der Waals surface area contributed by atoms with Crippen molar-refractivity contribution in [2.24, 2.45) is 0 Å². The number of benzene rings is 1. The van der Waals surface area contributed by atoms with Crippen molar-refractivity contribution in [2.45, 2.75) is 49.6 Å². The second kappa shape index (κ2) is 6.24. The maximum atomic E-state index is 12.3. The first-order valence-electron chi connectivity index (χ1n) is 7.05. The number of rotatable bonds is 4. The summed E-state index contributed by atoms with van der Waals surface area (Å²) in [7, 11) is 0.414. The summed E-state index contributed by atoms with van der Waals surface area (Å²) >= 11 is 0. The molecule has 2 rings (SSSR count). The molecule has 0 N–H and O–H groups in total. The maximum absolute atomic E-state index is 12.3. The van der Waals surface area contributed by atoms with Gasteiger partial charge in [-0.2, -0.15) is 8.42 Å². The first kappa shape index (κ1) is 15.5. The molecule has 1 aromatic carbocycles. The van der Waals surface area contributed by atoms with E-state index in [2.05, 4.69) is 4.90 Å². The Morgan fingerprint density at radius 2 is 1.80 bits per heavy atom. The largest absolute Gasteiger partial charge is 0.306 e. The highest BCUT2D eigenvalue weighted by molar-refractivity contribution is 7.86. The quantitative estimate of drug-likeness (QED) is 0.801. The molecule has 0 spiro atoms. The Bertz CT molecular complexity index is 537. The van der Waals surface area contributed by atoms with Gasteiger partial charge in [-0.3, -0.25) is 4.18 Å². The van der Waals surface area contributed by atoms with Crippen molar-refractivity contribution in [3.63, 3.8) is 0 Å². The van der Waals surface area contributed by atoms with Gasteiger partial charge in [-0.25, -0.2) is 0 Å². The zero-order valence-corrected chi connectivity index (χ0v) is 13.2. The topological polar surface area (TPSA) is 46.6 Å². The second-order valence-corrected chi connectivity index (χ2v) is 7.34.